The molecule has 1 saturated carbocycles. The first kappa shape index (κ1) is 26.3. The molecule has 1 fully saturated rings. The van der Waals surface area contributed by atoms with Crippen LogP contribution in [0.2, 0.25) is 13.3 Å². The van der Waals surface area contributed by atoms with Gasteiger partial charge in [-0.25, -0.2) is 0 Å². The number of fused-ring (bicyclic) bond motifs is 1. The van der Waals surface area contributed by atoms with E-state index < -0.39 is 24.3 Å². The van der Waals surface area contributed by atoms with Gasteiger partial charge >= 0.3 is 205 Å². The Morgan fingerprint density at radius 1 is 1.00 bits per heavy atom. The maximum atomic E-state index is 13.4. The van der Waals surface area contributed by atoms with Crippen molar-refractivity contribution < 1.29 is 9.53 Å². The molecule has 1 aromatic heterocycles. The number of carbonyl (C=O) groups excluding carboxylic acids is 1. The molecule has 0 unspecified atom stereocenters. The van der Waals surface area contributed by atoms with E-state index in [1.807, 2.05) is 0 Å². The molecule has 1 heterocycles. The third-order valence-corrected chi connectivity index (χ3v) is 23.5. The van der Waals surface area contributed by atoms with Gasteiger partial charge in [0.1, 0.15) is 0 Å². The molecule has 3 rings (SSSR count). The van der Waals surface area contributed by atoms with Crippen molar-refractivity contribution in [1.82, 2.24) is 4.57 Å². The van der Waals surface area contributed by atoms with Crippen LogP contribution >= 0.6 is 0 Å². The van der Waals surface area contributed by atoms with Gasteiger partial charge in [0.25, 0.3) is 0 Å². The van der Waals surface area contributed by atoms with E-state index in [0.29, 0.717) is 11.4 Å². The summed E-state index contributed by atoms with van der Waals surface area (Å²) in [6, 6.07) is 4.75. The number of carbonyl (C=O) groups is 1. The first-order chi connectivity index (χ1) is 15.9. The van der Waals surface area contributed by atoms with Crippen LogP contribution in [-0.2, 0) is 4.74 Å². The molecule has 33 heavy (non-hydrogen) atoms. The number of hydrogen-bond donors (Lipinski definition) is 0. The summed E-state index contributed by atoms with van der Waals surface area (Å²) in [5.74, 6) is -0.497. The van der Waals surface area contributed by atoms with E-state index in [9.17, 15) is 9.59 Å². The molecule has 0 radical (unpaired) electrons. The van der Waals surface area contributed by atoms with E-state index in [0.717, 1.165) is 18.4 Å². The summed E-state index contributed by atoms with van der Waals surface area (Å²) in [6.45, 7) is 11.3. The number of hydrogen-bond acceptors (Lipinski definition) is 3. The number of ether oxygens (including phenoxy) is 1. The number of aryl methyl sites for hydroxylation is 1. The van der Waals surface area contributed by atoms with Gasteiger partial charge in [-0.3, -0.25) is 0 Å². The monoisotopic (exact) mass is 561 g/mol. The average molecular weight is 560 g/mol. The zero-order chi connectivity index (χ0) is 24.0. The standard InChI is InChI=1S/C16H16NO3.3C4H9.Sn/c1-3-20-16(19)13-9-17(11-7-8-11)14-10(2)5-4-6-12(14)15(13)18;3*1-3-4-2;/h4,6,9,11H,3,7-8H2,1-2H3;3*1,3-4H2,2H3;. The van der Waals surface area contributed by atoms with Crippen molar-refractivity contribution in [2.75, 3.05) is 6.61 Å². The molecule has 0 aliphatic heterocycles. The molecule has 1 aliphatic rings. The second-order valence-electron chi connectivity index (χ2n) is 9.96. The molecule has 0 saturated heterocycles. The molecule has 1 aromatic carbocycles. The Hall–Kier alpha value is -1.30. The molecule has 0 amide bonds. The Morgan fingerprint density at radius 3 is 2.06 bits per heavy atom. The molecule has 5 heteroatoms. The predicted octanol–water partition coefficient (Wildman–Crippen LogP) is 6.88. The quantitative estimate of drug-likeness (QED) is 0.198. The molecular weight excluding hydrogens is 517 g/mol. The second-order valence-corrected chi connectivity index (χ2v) is 23.1. The van der Waals surface area contributed by atoms with Gasteiger partial charge in [0.05, 0.1) is 0 Å². The molecule has 0 N–H and O–H groups in total. The minimum atomic E-state index is -2.66. The van der Waals surface area contributed by atoms with E-state index in [4.69, 9.17) is 4.74 Å². The molecule has 4 nitrogen and oxygen atoms in total. The Labute approximate surface area is 204 Å². The SMILES string of the molecule is CCC[CH2][Sn]([CH2]CCC)([CH2]CCC)[c]1ccc2c(=O)c(C(=O)OCC)cn(C3CC3)c2c1C. The Bertz CT molecular complexity index is 1000. The number of nitrogens with zero attached hydrogens (tertiary/aromatic N) is 1. The van der Waals surface area contributed by atoms with Gasteiger partial charge in [0, 0.05) is 0 Å². The molecular formula is C28H43NO3Sn. The number of pyridine rings is 1. The summed E-state index contributed by atoms with van der Waals surface area (Å²) in [7, 11) is 0. The molecule has 0 atom stereocenters. The van der Waals surface area contributed by atoms with Crippen molar-refractivity contribution in [3.63, 3.8) is 0 Å². The molecule has 2 aromatic rings. The summed E-state index contributed by atoms with van der Waals surface area (Å²) in [5.41, 5.74) is 2.41. The Kier molecular flexibility index (Phi) is 9.49. The van der Waals surface area contributed by atoms with Crippen molar-refractivity contribution in [1.29, 1.82) is 0 Å². The van der Waals surface area contributed by atoms with Crippen molar-refractivity contribution in [2.24, 2.45) is 0 Å². The first-order valence-electron chi connectivity index (χ1n) is 13.3. The van der Waals surface area contributed by atoms with Crippen LogP contribution in [0.1, 0.15) is 101 Å². The topological polar surface area (TPSA) is 48.3 Å². The van der Waals surface area contributed by atoms with E-state index in [1.165, 1.54) is 57.4 Å². The summed E-state index contributed by atoms with van der Waals surface area (Å²) in [6.07, 6.45) is 11.7. The summed E-state index contributed by atoms with van der Waals surface area (Å²) in [5, 5.41) is 0.690. The Morgan fingerprint density at radius 2 is 1.58 bits per heavy atom. The van der Waals surface area contributed by atoms with Crippen LogP contribution < -0.4 is 9.01 Å². The average Bonchev–Trinajstić information content (AvgIpc) is 3.65. The Balaban J connectivity index is 2.25. The number of unbranched alkanes of at least 4 members (excludes halogenated alkanes) is 3. The fourth-order valence-electron chi connectivity index (χ4n) is 5.52. The number of esters is 1. The molecule has 0 spiro atoms. The van der Waals surface area contributed by atoms with E-state index in [2.05, 4.69) is 44.4 Å². The van der Waals surface area contributed by atoms with Gasteiger partial charge < -0.3 is 0 Å². The van der Waals surface area contributed by atoms with E-state index in [-0.39, 0.29) is 17.6 Å². The fourth-order valence-corrected chi connectivity index (χ4v) is 22.6. The molecule has 0 bridgehead atoms. The van der Waals surface area contributed by atoms with Gasteiger partial charge in [0.2, 0.25) is 0 Å². The maximum absolute atomic E-state index is 13.4. The zero-order valence-corrected chi connectivity index (χ0v) is 24.3. The number of aromatic nitrogens is 1. The van der Waals surface area contributed by atoms with Crippen LogP contribution in [-0.4, -0.2) is 35.5 Å². The van der Waals surface area contributed by atoms with Gasteiger partial charge in [0.15, 0.2) is 0 Å². The summed E-state index contributed by atoms with van der Waals surface area (Å²) in [4.78, 5) is 25.9. The van der Waals surface area contributed by atoms with Crippen molar-refractivity contribution >= 4 is 38.8 Å². The van der Waals surface area contributed by atoms with Crippen LogP contribution in [0.5, 0.6) is 0 Å². The first-order valence-corrected chi connectivity index (χ1v) is 20.8. The molecule has 1 aliphatic carbocycles. The second kappa shape index (κ2) is 11.9. The van der Waals surface area contributed by atoms with Crippen LogP contribution in [0.25, 0.3) is 10.9 Å². The van der Waals surface area contributed by atoms with E-state index >= 15 is 0 Å². The normalized spacial score (nSPS) is 14.1. The molecule has 182 valence electrons. The van der Waals surface area contributed by atoms with Crippen molar-refractivity contribution in [3.05, 3.63) is 39.7 Å². The van der Waals surface area contributed by atoms with Crippen molar-refractivity contribution in [3.8, 4) is 0 Å². The van der Waals surface area contributed by atoms with Crippen molar-refractivity contribution in [2.45, 2.75) is 105 Å². The van der Waals surface area contributed by atoms with Crippen LogP contribution in [0.4, 0.5) is 0 Å². The van der Waals surface area contributed by atoms with Crippen LogP contribution in [0, 0.1) is 6.92 Å². The predicted molar refractivity (Wildman–Crippen MR) is 142 cm³/mol. The van der Waals surface area contributed by atoms with E-state index in [1.54, 1.807) is 16.7 Å². The zero-order valence-electron chi connectivity index (χ0n) is 21.5. The fraction of sp³-hybridized carbons (Fsp3) is 0.643. The van der Waals surface area contributed by atoms with Gasteiger partial charge in [-0.05, 0) is 0 Å². The number of rotatable bonds is 13. The summed E-state index contributed by atoms with van der Waals surface area (Å²) < 4.78 is 13.3. The number of benzene rings is 1. The third kappa shape index (κ3) is 5.68. The van der Waals surface area contributed by atoms with Gasteiger partial charge in [-0.1, -0.05) is 0 Å². The van der Waals surface area contributed by atoms with Crippen LogP contribution in [0.3, 0.4) is 0 Å². The van der Waals surface area contributed by atoms with Crippen LogP contribution in [0.15, 0.2) is 23.1 Å². The van der Waals surface area contributed by atoms with Gasteiger partial charge in [-0.15, -0.1) is 0 Å². The third-order valence-electron chi connectivity index (χ3n) is 7.48. The summed E-state index contributed by atoms with van der Waals surface area (Å²) >= 11 is -2.66. The van der Waals surface area contributed by atoms with Gasteiger partial charge in [-0.2, -0.15) is 0 Å². The minimum absolute atomic E-state index is 0.175.